The number of carboxylic acid groups (broad SMARTS) is 1. The maximum Gasteiger partial charge on any atom is 0.471 e. The first-order valence-electron chi connectivity index (χ1n) is 5.55. The van der Waals surface area contributed by atoms with Crippen LogP contribution in [0.25, 0.3) is 0 Å². The minimum Gasteiger partial charge on any atom is -0.480 e. The van der Waals surface area contributed by atoms with Crippen LogP contribution in [0, 0.1) is 0 Å². The number of nitrogens with one attached hydrogen (secondary N) is 1. The highest BCUT2D eigenvalue weighted by Gasteiger charge is 2.42. The molecular formula is C13H12F3NO3. The number of benzene rings is 1. The highest BCUT2D eigenvalue weighted by molar-refractivity contribution is 5.87. The highest BCUT2D eigenvalue weighted by Crippen LogP contribution is 2.23. The Labute approximate surface area is 112 Å². The Morgan fingerprint density at radius 1 is 1.25 bits per heavy atom. The fraction of sp³-hybridized carbons (Fsp3) is 0.231. The average Bonchev–Trinajstić information content (AvgIpc) is 2.38. The molecule has 1 amide bonds. The SMILES string of the molecule is C=C[C@H](c1ccccc1)[C@@H](NC(=O)C(F)(F)F)C(=O)O. The van der Waals surface area contributed by atoms with E-state index < -0.39 is 30.0 Å². The lowest BCUT2D eigenvalue weighted by atomic mass is 9.91. The van der Waals surface area contributed by atoms with Gasteiger partial charge in [-0.25, -0.2) is 4.79 Å². The van der Waals surface area contributed by atoms with Gasteiger partial charge in [0.2, 0.25) is 0 Å². The summed E-state index contributed by atoms with van der Waals surface area (Å²) in [5.41, 5.74) is 0.442. The minimum absolute atomic E-state index is 0.442. The van der Waals surface area contributed by atoms with Crippen LogP contribution in [0.5, 0.6) is 0 Å². The fourth-order valence-electron chi connectivity index (χ4n) is 1.67. The van der Waals surface area contributed by atoms with E-state index in [9.17, 15) is 22.8 Å². The van der Waals surface area contributed by atoms with E-state index in [-0.39, 0.29) is 0 Å². The van der Waals surface area contributed by atoms with Crippen LogP contribution in [0.4, 0.5) is 13.2 Å². The lowest BCUT2D eigenvalue weighted by molar-refractivity contribution is -0.175. The first-order valence-corrected chi connectivity index (χ1v) is 5.55. The monoisotopic (exact) mass is 287 g/mol. The maximum absolute atomic E-state index is 12.2. The first kappa shape index (κ1) is 15.7. The van der Waals surface area contributed by atoms with Crippen molar-refractivity contribution in [1.82, 2.24) is 5.32 Å². The number of carbonyl (C=O) groups excluding carboxylic acids is 1. The molecule has 0 bridgehead atoms. The second-order valence-corrected chi connectivity index (χ2v) is 3.96. The summed E-state index contributed by atoms with van der Waals surface area (Å²) >= 11 is 0. The molecule has 1 aromatic rings. The van der Waals surface area contributed by atoms with E-state index in [1.54, 1.807) is 30.3 Å². The molecule has 0 aliphatic carbocycles. The van der Waals surface area contributed by atoms with Crippen molar-refractivity contribution in [2.75, 3.05) is 0 Å². The third kappa shape index (κ3) is 3.84. The van der Waals surface area contributed by atoms with Crippen molar-refractivity contribution in [3.05, 3.63) is 48.6 Å². The lowest BCUT2D eigenvalue weighted by Gasteiger charge is -2.23. The molecular weight excluding hydrogens is 275 g/mol. The summed E-state index contributed by atoms with van der Waals surface area (Å²) in [5.74, 6) is -4.84. The van der Waals surface area contributed by atoms with Crippen LogP contribution in [-0.2, 0) is 9.59 Å². The third-order valence-electron chi connectivity index (χ3n) is 2.61. The summed E-state index contributed by atoms with van der Waals surface area (Å²) < 4.78 is 36.6. The standard InChI is InChI=1S/C13H12F3NO3/c1-2-9(8-6-4-3-5-7-8)10(11(18)19)17-12(20)13(14,15)16/h2-7,9-10H,1H2,(H,17,20)(H,18,19)/t9-,10-/m1/s1. The van der Waals surface area contributed by atoms with Crippen molar-refractivity contribution in [2.45, 2.75) is 18.1 Å². The molecule has 0 radical (unpaired) electrons. The normalized spacial score (nSPS) is 14.2. The largest absolute Gasteiger partial charge is 0.480 e. The molecule has 1 rings (SSSR count). The molecule has 2 atom stereocenters. The van der Waals surface area contributed by atoms with E-state index >= 15 is 0 Å². The van der Waals surface area contributed by atoms with Gasteiger partial charge >= 0.3 is 18.1 Å². The fourth-order valence-corrected chi connectivity index (χ4v) is 1.67. The number of amides is 1. The predicted octanol–water partition coefficient (Wildman–Crippen LogP) is 2.09. The zero-order chi connectivity index (χ0) is 15.3. The molecule has 0 saturated heterocycles. The van der Waals surface area contributed by atoms with Crippen LogP contribution in [0.2, 0.25) is 0 Å². The molecule has 0 aromatic heterocycles. The molecule has 20 heavy (non-hydrogen) atoms. The summed E-state index contributed by atoms with van der Waals surface area (Å²) in [7, 11) is 0. The molecule has 1 aromatic carbocycles. The van der Waals surface area contributed by atoms with Crippen molar-refractivity contribution in [1.29, 1.82) is 0 Å². The highest BCUT2D eigenvalue weighted by atomic mass is 19.4. The topological polar surface area (TPSA) is 66.4 Å². The van der Waals surface area contributed by atoms with Crippen molar-refractivity contribution in [3.63, 3.8) is 0 Å². The van der Waals surface area contributed by atoms with E-state index in [0.29, 0.717) is 5.56 Å². The van der Waals surface area contributed by atoms with Crippen LogP contribution < -0.4 is 5.32 Å². The summed E-state index contributed by atoms with van der Waals surface area (Å²) in [4.78, 5) is 22.0. The molecule has 0 unspecified atom stereocenters. The van der Waals surface area contributed by atoms with Crippen LogP contribution in [0.1, 0.15) is 11.5 Å². The lowest BCUT2D eigenvalue weighted by Crippen LogP contribution is -2.49. The van der Waals surface area contributed by atoms with Crippen LogP contribution in [0.3, 0.4) is 0 Å². The van der Waals surface area contributed by atoms with Gasteiger partial charge in [-0.2, -0.15) is 13.2 Å². The van der Waals surface area contributed by atoms with Crippen LogP contribution in [0.15, 0.2) is 43.0 Å². The molecule has 0 saturated carbocycles. The smallest absolute Gasteiger partial charge is 0.471 e. The second-order valence-electron chi connectivity index (χ2n) is 3.96. The summed E-state index contributed by atoms with van der Waals surface area (Å²) in [5, 5.41) is 10.5. The molecule has 0 fully saturated rings. The number of hydrogen-bond donors (Lipinski definition) is 2. The number of hydrogen-bond acceptors (Lipinski definition) is 2. The summed E-state index contributed by atoms with van der Waals surface area (Å²) in [6, 6.07) is 6.23. The Balaban J connectivity index is 3.03. The molecule has 0 heterocycles. The number of aliphatic carboxylic acids is 1. The number of alkyl halides is 3. The van der Waals surface area contributed by atoms with E-state index in [1.165, 1.54) is 11.4 Å². The maximum atomic E-state index is 12.2. The molecule has 0 aliphatic rings. The van der Waals surface area contributed by atoms with Gasteiger partial charge in [0.1, 0.15) is 6.04 Å². The summed E-state index contributed by atoms with van der Waals surface area (Å²) in [6.45, 7) is 3.41. The Kier molecular flexibility index (Phi) is 4.90. The third-order valence-corrected chi connectivity index (χ3v) is 2.61. The van der Waals surface area contributed by atoms with Crippen LogP contribution >= 0.6 is 0 Å². The molecule has 2 N–H and O–H groups in total. The number of rotatable bonds is 5. The Morgan fingerprint density at radius 3 is 2.20 bits per heavy atom. The predicted molar refractivity (Wildman–Crippen MR) is 65.0 cm³/mol. The Hall–Kier alpha value is -2.31. The van der Waals surface area contributed by atoms with Crippen molar-refractivity contribution >= 4 is 11.9 Å². The number of halogens is 3. The number of carboxylic acids is 1. The van der Waals surface area contributed by atoms with Crippen molar-refractivity contribution < 1.29 is 27.9 Å². The Morgan fingerprint density at radius 2 is 1.80 bits per heavy atom. The quantitative estimate of drug-likeness (QED) is 0.815. The molecule has 108 valence electrons. The van der Waals surface area contributed by atoms with Gasteiger partial charge in [0, 0.05) is 5.92 Å². The van der Waals surface area contributed by atoms with Gasteiger partial charge in [-0.15, -0.1) is 6.58 Å². The summed E-state index contributed by atoms with van der Waals surface area (Å²) in [6.07, 6.45) is -3.96. The zero-order valence-corrected chi connectivity index (χ0v) is 10.2. The van der Waals surface area contributed by atoms with Crippen LogP contribution in [-0.4, -0.2) is 29.2 Å². The average molecular weight is 287 g/mol. The van der Waals surface area contributed by atoms with Gasteiger partial charge in [-0.1, -0.05) is 36.4 Å². The molecule has 7 heteroatoms. The van der Waals surface area contributed by atoms with E-state index in [1.807, 2.05) is 0 Å². The second kappa shape index (κ2) is 6.23. The van der Waals surface area contributed by atoms with E-state index in [2.05, 4.69) is 6.58 Å². The van der Waals surface area contributed by atoms with Gasteiger partial charge in [0.05, 0.1) is 0 Å². The van der Waals surface area contributed by atoms with Gasteiger partial charge in [-0.3, -0.25) is 4.79 Å². The minimum atomic E-state index is -5.14. The molecule has 4 nitrogen and oxygen atoms in total. The number of carbonyl (C=O) groups is 2. The first-order chi connectivity index (χ1) is 9.27. The van der Waals surface area contributed by atoms with E-state index in [4.69, 9.17) is 5.11 Å². The van der Waals surface area contributed by atoms with Crippen molar-refractivity contribution in [3.8, 4) is 0 Å². The zero-order valence-electron chi connectivity index (χ0n) is 10.2. The van der Waals surface area contributed by atoms with Gasteiger partial charge in [0.15, 0.2) is 0 Å². The molecule has 0 spiro atoms. The van der Waals surface area contributed by atoms with Gasteiger partial charge in [-0.05, 0) is 5.56 Å². The van der Waals surface area contributed by atoms with E-state index in [0.717, 1.165) is 0 Å². The van der Waals surface area contributed by atoms with Crippen molar-refractivity contribution in [2.24, 2.45) is 0 Å². The van der Waals surface area contributed by atoms with Gasteiger partial charge in [0.25, 0.3) is 0 Å². The molecule has 0 aliphatic heterocycles. The van der Waals surface area contributed by atoms with Gasteiger partial charge < -0.3 is 10.4 Å². The Bertz CT molecular complexity index is 499.